The fourth-order valence-corrected chi connectivity index (χ4v) is 7.10. The number of likely N-dealkylation sites (tertiary alicyclic amines) is 1. The number of aromatic hydroxyl groups is 1. The number of pyridine rings is 1. The van der Waals surface area contributed by atoms with Gasteiger partial charge in [0.05, 0.1) is 27.8 Å². The first-order chi connectivity index (χ1) is 15.4. The van der Waals surface area contributed by atoms with Crippen molar-refractivity contribution < 1.29 is 24.9 Å². The topological polar surface area (TPSA) is 103 Å². The van der Waals surface area contributed by atoms with Gasteiger partial charge < -0.3 is 25.0 Å². The minimum atomic E-state index is -1.24. The molecule has 3 heterocycles. The van der Waals surface area contributed by atoms with Gasteiger partial charge in [-0.1, -0.05) is 24.3 Å². The number of rotatable bonds is 1. The van der Waals surface area contributed by atoms with Crippen molar-refractivity contribution in [1.82, 2.24) is 9.88 Å². The van der Waals surface area contributed by atoms with E-state index >= 15 is 0 Å². The first-order valence-corrected chi connectivity index (χ1v) is 11.0. The molecule has 4 aliphatic rings. The lowest BCUT2D eigenvalue weighted by Crippen LogP contribution is -2.74. The normalized spacial score (nSPS) is 31.7. The molecule has 3 N–H and O–H groups in total. The Morgan fingerprint density at radius 1 is 1.25 bits per heavy atom. The Hall–Kier alpha value is -3.16. The summed E-state index contributed by atoms with van der Waals surface area (Å²) in [5.74, 6) is -0.575. The standard InChI is InChI=1S/C25H22N2O5/c1-27-9-8-24-19-12-6-7-16(28)21(19)32-22(24)20-14(11-25(24,31)17(27)10-12)18(23(29)30)13-4-2-3-5-15(13)26-20/h2-7,17,22,28,31H,8-11H2,1H3,(H,29,30)/t17-,22?,24-,25?/m0/s1. The third kappa shape index (κ3) is 1.83. The summed E-state index contributed by atoms with van der Waals surface area (Å²) >= 11 is 0. The van der Waals surface area contributed by atoms with Crippen LogP contribution in [-0.2, 0) is 18.3 Å². The molecule has 1 saturated heterocycles. The number of carboxylic acids is 1. The molecule has 3 aromatic rings. The molecule has 0 radical (unpaired) electrons. The maximum atomic E-state index is 12.5. The van der Waals surface area contributed by atoms with E-state index in [-0.39, 0.29) is 23.8 Å². The number of carbonyl (C=O) groups is 1. The predicted molar refractivity (Wildman–Crippen MR) is 115 cm³/mol. The summed E-state index contributed by atoms with van der Waals surface area (Å²) in [6.07, 6.45) is 0.788. The summed E-state index contributed by atoms with van der Waals surface area (Å²) in [6, 6.07) is 10.6. The fourth-order valence-electron chi connectivity index (χ4n) is 7.10. The lowest BCUT2D eigenvalue weighted by atomic mass is 9.48. The van der Waals surface area contributed by atoms with Gasteiger partial charge in [-0.25, -0.2) is 9.78 Å². The summed E-state index contributed by atoms with van der Waals surface area (Å²) in [7, 11) is 2.01. The molecule has 1 aromatic heterocycles. The number of phenols is 1. The molecule has 7 nitrogen and oxygen atoms in total. The number of carboxylic acid groups (broad SMARTS) is 1. The van der Waals surface area contributed by atoms with E-state index in [2.05, 4.69) is 4.90 Å². The van der Waals surface area contributed by atoms with Crippen molar-refractivity contribution in [3.8, 4) is 11.5 Å². The number of likely N-dealkylation sites (N-methyl/N-ethyl adjacent to an activating group) is 1. The molecule has 162 valence electrons. The highest BCUT2D eigenvalue weighted by Gasteiger charge is 2.72. The van der Waals surface area contributed by atoms with Gasteiger partial charge in [-0.15, -0.1) is 0 Å². The molecular formula is C25H22N2O5. The van der Waals surface area contributed by atoms with Gasteiger partial charge in [-0.05, 0) is 49.7 Å². The van der Waals surface area contributed by atoms with Crippen LogP contribution in [0.2, 0.25) is 0 Å². The molecule has 2 bridgehead atoms. The van der Waals surface area contributed by atoms with E-state index in [9.17, 15) is 20.1 Å². The van der Waals surface area contributed by atoms with Crippen molar-refractivity contribution in [3.05, 3.63) is 64.3 Å². The highest BCUT2D eigenvalue weighted by Crippen LogP contribution is 2.68. The minimum absolute atomic E-state index is 0.0491. The largest absolute Gasteiger partial charge is 0.504 e. The van der Waals surface area contributed by atoms with Crippen molar-refractivity contribution in [1.29, 1.82) is 0 Å². The van der Waals surface area contributed by atoms with Gasteiger partial charge in [0.2, 0.25) is 0 Å². The van der Waals surface area contributed by atoms with Crippen LogP contribution >= 0.6 is 0 Å². The quantitative estimate of drug-likeness (QED) is 0.545. The molecule has 0 saturated carbocycles. The van der Waals surface area contributed by atoms with Gasteiger partial charge in [0.25, 0.3) is 0 Å². The van der Waals surface area contributed by atoms with Crippen LogP contribution in [0.3, 0.4) is 0 Å². The maximum Gasteiger partial charge on any atom is 0.336 e. The summed E-state index contributed by atoms with van der Waals surface area (Å²) < 4.78 is 6.44. The Kier molecular flexibility index (Phi) is 3.22. The Balaban J connectivity index is 1.62. The Labute approximate surface area is 183 Å². The van der Waals surface area contributed by atoms with E-state index < -0.39 is 23.1 Å². The summed E-state index contributed by atoms with van der Waals surface area (Å²) in [5, 5.41) is 33.9. The van der Waals surface area contributed by atoms with E-state index in [1.54, 1.807) is 18.2 Å². The second-order valence-electron chi connectivity index (χ2n) is 9.64. The average Bonchev–Trinajstić information content (AvgIpc) is 3.12. The van der Waals surface area contributed by atoms with Crippen molar-refractivity contribution in [2.24, 2.45) is 0 Å². The van der Waals surface area contributed by atoms with E-state index in [1.807, 2.05) is 25.2 Å². The Morgan fingerprint density at radius 3 is 2.88 bits per heavy atom. The Morgan fingerprint density at radius 2 is 2.06 bits per heavy atom. The number of aliphatic hydroxyl groups is 1. The molecule has 7 rings (SSSR count). The number of aromatic carboxylic acids is 1. The summed E-state index contributed by atoms with van der Waals surface area (Å²) in [6.45, 7) is 0.774. The van der Waals surface area contributed by atoms with E-state index in [1.165, 1.54) is 0 Å². The van der Waals surface area contributed by atoms with Crippen LogP contribution in [0, 0.1) is 0 Å². The SMILES string of the molecule is CN1CC[C@]23c4c5ccc(O)c4OC2c2nc4ccccc4c(C(=O)O)c2CC3(O)[C@@H]1C5. The molecule has 2 aliphatic carbocycles. The Bertz CT molecular complexity index is 1370. The number of piperidine rings is 1. The smallest absolute Gasteiger partial charge is 0.336 e. The number of aromatic nitrogens is 1. The van der Waals surface area contributed by atoms with Crippen molar-refractivity contribution in [2.45, 2.75) is 42.4 Å². The summed E-state index contributed by atoms with van der Waals surface area (Å²) in [5.41, 5.74) is 1.82. The number of hydrogen-bond donors (Lipinski definition) is 3. The molecule has 2 unspecified atom stereocenters. The zero-order valence-corrected chi connectivity index (χ0v) is 17.5. The monoisotopic (exact) mass is 430 g/mol. The molecule has 2 aromatic carbocycles. The third-order valence-electron chi connectivity index (χ3n) is 8.41. The average molecular weight is 430 g/mol. The fraction of sp³-hybridized carbons (Fsp3) is 0.360. The van der Waals surface area contributed by atoms with Crippen molar-refractivity contribution in [3.63, 3.8) is 0 Å². The van der Waals surface area contributed by atoms with Crippen LogP contribution in [0.1, 0.15) is 45.3 Å². The van der Waals surface area contributed by atoms with Crippen molar-refractivity contribution in [2.75, 3.05) is 13.6 Å². The molecule has 32 heavy (non-hydrogen) atoms. The second-order valence-corrected chi connectivity index (χ2v) is 9.64. The maximum absolute atomic E-state index is 12.5. The van der Waals surface area contributed by atoms with Crippen LogP contribution in [-0.4, -0.2) is 56.4 Å². The second kappa shape index (κ2) is 5.60. The summed E-state index contributed by atoms with van der Waals surface area (Å²) in [4.78, 5) is 19.5. The highest BCUT2D eigenvalue weighted by molar-refractivity contribution is 6.04. The van der Waals surface area contributed by atoms with Crippen LogP contribution < -0.4 is 4.74 Å². The van der Waals surface area contributed by atoms with Crippen LogP contribution in [0.15, 0.2) is 36.4 Å². The lowest BCUT2D eigenvalue weighted by Gasteiger charge is -2.62. The molecule has 4 atom stereocenters. The van der Waals surface area contributed by atoms with Gasteiger partial charge in [-0.3, -0.25) is 0 Å². The van der Waals surface area contributed by atoms with E-state index in [0.29, 0.717) is 40.8 Å². The number of ether oxygens (including phenoxy) is 1. The molecule has 1 fully saturated rings. The first kappa shape index (κ1) is 18.4. The zero-order chi connectivity index (χ0) is 22.0. The van der Waals surface area contributed by atoms with Gasteiger partial charge in [-0.2, -0.15) is 0 Å². The predicted octanol–water partition coefficient (Wildman–Crippen LogP) is 2.56. The van der Waals surface area contributed by atoms with Gasteiger partial charge in [0, 0.05) is 23.4 Å². The number of para-hydroxylation sites is 1. The number of phenolic OH excluding ortho intramolecular Hbond substituents is 1. The molecule has 0 amide bonds. The highest BCUT2D eigenvalue weighted by atomic mass is 16.5. The van der Waals surface area contributed by atoms with E-state index in [0.717, 1.165) is 17.7 Å². The van der Waals surface area contributed by atoms with Crippen molar-refractivity contribution >= 4 is 16.9 Å². The van der Waals surface area contributed by atoms with Gasteiger partial charge in [0.1, 0.15) is 0 Å². The minimum Gasteiger partial charge on any atom is -0.504 e. The number of hydrogen-bond acceptors (Lipinski definition) is 6. The van der Waals surface area contributed by atoms with E-state index in [4.69, 9.17) is 9.72 Å². The number of nitrogens with zero attached hydrogens (tertiary/aromatic N) is 2. The van der Waals surface area contributed by atoms with Gasteiger partial charge in [0.15, 0.2) is 17.6 Å². The number of benzene rings is 2. The van der Waals surface area contributed by atoms with Gasteiger partial charge >= 0.3 is 5.97 Å². The van der Waals surface area contributed by atoms with Crippen LogP contribution in [0.4, 0.5) is 0 Å². The van der Waals surface area contributed by atoms with Crippen LogP contribution in [0.25, 0.3) is 10.9 Å². The molecular weight excluding hydrogens is 408 g/mol. The lowest BCUT2D eigenvalue weighted by molar-refractivity contribution is -0.168. The molecule has 7 heteroatoms. The third-order valence-corrected chi connectivity index (χ3v) is 8.41. The molecule has 1 spiro atoms. The number of fused-ring (bicyclic) bond motifs is 3. The first-order valence-electron chi connectivity index (χ1n) is 11.0. The van der Waals surface area contributed by atoms with Crippen LogP contribution in [0.5, 0.6) is 11.5 Å². The molecule has 2 aliphatic heterocycles. The zero-order valence-electron chi connectivity index (χ0n) is 17.5.